The van der Waals surface area contributed by atoms with E-state index in [9.17, 15) is 14.3 Å². The number of carbonyl (C=O) groups excluding carboxylic acids is 1. The molecule has 186 valence electrons. The van der Waals surface area contributed by atoms with Crippen molar-refractivity contribution in [2.75, 3.05) is 26.8 Å². The fourth-order valence-electron chi connectivity index (χ4n) is 4.28. The SMILES string of the molecule is C=CC(=O)N1CCc2cc(-c3cc(OC(CO)c4ccc(F)cn4)c4c(OC)cnn4c3)nn2CC1. The summed E-state index contributed by atoms with van der Waals surface area (Å²) in [7, 11) is 1.53. The summed E-state index contributed by atoms with van der Waals surface area (Å²) in [6.45, 7) is 4.90. The van der Waals surface area contributed by atoms with E-state index in [1.807, 2.05) is 23.0 Å². The second-order valence-electron chi connectivity index (χ2n) is 8.31. The zero-order chi connectivity index (χ0) is 25.2. The van der Waals surface area contributed by atoms with E-state index in [1.165, 1.54) is 25.3 Å². The Bertz CT molecular complexity index is 1390. The molecule has 0 bridgehead atoms. The number of aliphatic hydroxyl groups excluding tert-OH is 1. The Morgan fingerprint density at radius 2 is 2.11 bits per heavy atom. The van der Waals surface area contributed by atoms with Crippen LogP contribution in [0.4, 0.5) is 4.39 Å². The van der Waals surface area contributed by atoms with Gasteiger partial charge in [-0.1, -0.05) is 6.58 Å². The lowest BCUT2D eigenvalue weighted by Crippen LogP contribution is -2.32. The minimum absolute atomic E-state index is 0.0880. The van der Waals surface area contributed by atoms with E-state index >= 15 is 0 Å². The maximum absolute atomic E-state index is 13.4. The van der Waals surface area contributed by atoms with E-state index in [-0.39, 0.29) is 12.5 Å². The number of hydrogen-bond acceptors (Lipinski definition) is 7. The number of aromatic nitrogens is 5. The summed E-state index contributed by atoms with van der Waals surface area (Å²) in [6.07, 6.45) is 5.63. The molecule has 1 amide bonds. The van der Waals surface area contributed by atoms with Crippen molar-refractivity contribution in [3.63, 3.8) is 0 Å². The molecule has 0 aromatic carbocycles. The lowest BCUT2D eigenvalue weighted by Gasteiger charge is -2.18. The van der Waals surface area contributed by atoms with E-state index in [4.69, 9.17) is 14.6 Å². The Morgan fingerprint density at radius 1 is 1.25 bits per heavy atom. The molecule has 5 rings (SSSR count). The zero-order valence-electron chi connectivity index (χ0n) is 19.7. The maximum atomic E-state index is 13.4. The number of rotatable bonds is 7. The predicted molar refractivity (Wildman–Crippen MR) is 128 cm³/mol. The Hall–Kier alpha value is -4.25. The number of aliphatic hydroxyl groups is 1. The van der Waals surface area contributed by atoms with Crippen molar-refractivity contribution in [2.45, 2.75) is 19.1 Å². The van der Waals surface area contributed by atoms with Gasteiger partial charge >= 0.3 is 0 Å². The molecule has 0 radical (unpaired) electrons. The van der Waals surface area contributed by atoms with E-state index in [0.717, 1.165) is 23.1 Å². The first kappa shape index (κ1) is 23.5. The highest BCUT2D eigenvalue weighted by atomic mass is 19.1. The molecular weight excluding hydrogens is 467 g/mol. The molecule has 1 N–H and O–H groups in total. The van der Waals surface area contributed by atoms with Gasteiger partial charge in [-0.15, -0.1) is 0 Å². The predicted octanol–water partition coefficient (Wildman–Crippen LogP) is 2.42. The standard InChI is InChI=1S/C25H25FN6O4/c1-3-24(34)30-7-6-18-11-20(29-31(18)9-8-30)16-10-21(25-22(35-2)13-28-32(25)14-16)36-23(15-33)19-5-4-17(26)12-27-19/h3-5,10-14,23,33H,1,6-9,15H2,2H3. The van der Waals surface area contributed by atoms with Crippen LogP contribution >= 0.6 is 0 Å². The van der Waals surface area contributed by atoms with Crippen molar-refractivity contribution in [1.29, 1.82) is 0 Å². The van der Waals surface area contributed by atoms with Crippen LogP contribution in [0.2, 0.25) is 0 Å². The van der Waals surface area contributed by atoms with Gasteiger partial charge in [0.2, 0.25) is 5.91 Å². The van der Waals surface area contributed by atoms with Gasteiger partial charge in [-0.3, -0.25) is 14.5 Å². The Labute approximate surface area is 206 Å². The van der Waals surface area contributed by atoms with Gasteiger partial charge in [0.25, 0.3) is 0 Å². The van der Waals surface area contributed by atoms with Crippen molar-refractivity contribution >= 4 is 11.4 Å². The molecule has 0 spiro atoms. The molecular formula is C25H25FN6O4. The highest BCUT2D eigenvalue weighted by Crippen LogP contribution is 2.35. The summed E-state index contributed by atoms with van der Waals surface area (Å²) in [5, 5.41) is 19.1. The Kier molecular flexibility index (Phi) is 6.38. The molecule has 1 aliphatic heterocycles. The minimum Gasteiger partial charge on any atom is -0.493 e. The normalized spacial score (nSPS) is 14.2. The molecule has 1 atom stereocenters. The number of carbonyl (C=O) groups is 1. The largest absolute Gasteiger partial charge is 0.493 e. The van der Waals surface area contributed by atoms with Crippen LogP contribution in [0.3, 0.4) is 0 Å². The fourth-order valence-corrected chi connectivity index (χ4v) is 4.28. The lowest BCUT2D eigenvalue weighted by atomic mass is 10.1. The third-order valence-electron chi connectivity index (χ3n) is 6.14. The van der Waals surface area contributed by atoms with Gasteiger partial charge < -0.3 is 19.5 Å². The molecule has 0 saturated heterocycles. The Morgan fingerprint density at radius 3 is 2.83 bits per heavy atom. The number of amides is 1. The number of nitrogens with zero attached hydrogens (tertiary/aromatic N) is 6. The second kappa shape index (κ2) is 9.78. The molecule has 1 unspecified atom stereocenters. The zero-order valence-corrected chi connectivity index (χ0v) is 19.7. The van der Waals surface area contributed by atoms with Gasteiger partial charge in [0.15, 0.2) is 23.1 Å². The van der Waals surface area contributed by atoms with Crippen LogP contribution in [0.1, 0.15) is 17.5 Å². The second-order valence-corrected chi connectivity index (χ2v) is 8.31. The average Bonchev–Trinajstić information content (AvgIpc) is 3.46. The molecule has 11 heteroatoms. The Balaban J connectivity index is 1.50. The van der Waals surface area contributed by atoms with E-state index < -0.39 is 11.9 Å². The number of methoxy groups -OCH3 is 1. The molecule has 0 saturated carbocycles. The topological polar surface area (TPSA) is 107 Å². The van der Waals surface area contributed by atoms with Crippen LogP contribution in [0.15, 0.2) is 55.5 Å². The first-order valence-corrected chi connectivity index (χ1v) is 11.4. The lowest BCUT2D eigenvalue weighted by molar-refractivity contribution is -0.126. The number of halogens is 1. The van der Waals surface area contributed by atoms with Gasteiger partial charge in [-0.05, 0) is 30.3 Å². The van der Waals surface area contributed by atoms with Crippen LogP contribution in [0.5, 0.6) is 11.5 Å². The summed E-state index contributed by atoms with van der Waals surface area (Å²) in [5.41, 5.74) is 3.42. The number of pyridine rings is 2. The van der Waals surface area contributed by atoms with Crippen LogP contribution in [-0.2, 0) is 17.8 Å². The summed E-state index contributed by atoms with van der Waals surface area (Å²) >= 11 is 0. The van der Waals surface area contributed by atoms with Crippen molar-refractivity contribution < 1.29 is 23.8 Å². The summed E-state index contributed by atoms with van der Waals surface area (Å²) in [6, 6.07) is 6.53. The van der Waals surface area contributed by atoms with Crippen LogP contribution in [0, 0.1) is 5.82 Å². The molecule has 4 aromatic rings. The smallest absolute Gasteiger partial charge is 0.246 e. The third-order valence-corrected chi connectivity index (χ3v) is 6.14. The van der Waals surface area contributed by atoms with Crippen LogP contribution < -0.4 is 9.47 Å². The molecule has 36 heavy (non-hydrogen) atoms. The van der Waals surface area contributed by atoms with Crippen molar-refractivity contribution in [3.05, 3.63) is 72.7 Å². The van der Waals surface area contributed by atoms with Crippen LogP contribution in [0.25, 0.3) is 16.8 Å². The monoisotopic (exact) mass is 492 g/mol. The number of hydrogen-bond donors (Lipinski definition) is 1. The average molecular weight is 493 g/mol. The summed E-state index contributed by atoms with van der Waals surface area (Å²) in [5.74, 6) is 0.328. The third kappa shape index (κ3) is 4.40. The van der Waals surface area contributed by atoms with Gasteiger partial charge in [0.05, 0.1) is 44.0 Å². The minimum atomic E-state index is -0.837. The molecule has 10 nitrogen and oxygen atoms in total. The molecule has 5 heterocycles. The quantitative estimate of drug-likeness (QED) is 0.395. The highest BCUT2D eigenvalue weighted by molar-refractivity contribution is 5.87. The molecule has 1 aliphatic rings. The number of fused-ring (bicyclic) bond motifs is 2. The number of ether oxygens (including phenoxy) is 2. The van der Waals surface area contributed by atoms with E-state index in [0.29, 0.717) is 48.8 Å². The summed E-state index contributed by atoms with van der Waals surface area (Å²) < 4.78 is 28.5. The van der Waals surface area contributed by atoms with E-state index in [2.05, 4.69) is 16.7 Å². The van der Waals surface area contributed by atoms with E-state index in [1.54, 1.807) is 15.6 Å². The maximum Gasteiger partial charge on any atom is 0.246 e. The van der Waals surface area contributed by atoms with Crippen LogP contribution in [-0.4, -0.2) is 67.1 Å². The highest BCUT2D eigenvalue weighted by Gasteiger charge is 2.22. The first-order chi connectivity index (χ1) is 17.5. The molecule has 0 fully saturated rings. The molecule has 0 aliphatic carbocycles. The van der Waals surface area contributed by atoms with Gasteiger partial charge in [-0.25, -0.2) is 8.91 Å². The van der Waals surface area contributed by atoms with Gasteiger partial charge in [-0.2, -0.15) is 10.2 Å². The molecule has 4 aromatic heterocycles. The first-order valence-electron chi connectivity index (χ1n) is 11.4. The fraction of sp³-hybridized carbons (Fsp3) is 0.280. The van der Waals surface area contributed by atoms with Gasteiger partial charge in [0, 0.05) is 37.0 Å². The van der Waals surface area contributed by atoms with Crippen molar-refractivity contribution in [3.8, 4) is 22.8 Å². The van der Waals surface area contributed by atoms with Crippen molar-refractivity contribution in [1.82, 2.24) is 29.3 Å². The van der Waals surface area contributed by atoms with Crippen molar-refractivity contribution in [2.24, 2.45) is 0 Å². The van der Waals surface area contributed by atoms with Gasteiger partial charge in [0.1, 0.15) is 5.82 Å². The summed E-state index contributed by atoms with van der Waals surface area (Å²) in [4.78, 5) is 17.8.